The molecule has 0 saturated carbocycles. The molecule has 48 valence electrons. The summed E-state index contributed by atoms with van der Waals surface area (Å²) in [7, 11) is 1.92. The van der Waals surface area contributed by atoms with Gasteiger partial charge >= 0.3 is 0 Å². The van der Waals surface area contributed by atoms with E-state index in [0.29, 0.717) is 0 Å². The van der Waals surface area contributed by atoms with Gasteiger partial charge in [0.15, 0.2) is 0 Å². The number of likely N-dealkylation sites (N-methyl/N-ethyl adjacent to an activating group) is 1. The third kappa shape index (κ3) is 5.66. The van der Waals surface area contributed by atoms with E-state index in [1.54, 1.807) is 0 Å². The highest BCUT2D eigenvalue weighted by Gasteiger charge is 1.70. The van der Waals surface area contributed by atoms with Crippen LogP contribution < -0.4 is 11.1 Å². The second-order valence-electron chi connectivity index (χ2n) is 1.61. The molecular weight excluding hydrogens is 100 g/mol. The zero-order valence-electron chi connectivity index (χ0n) is 5.35. The lowest BCUT2D eigenvalue weighted by atomic mass is 10.4. The van der Waals surface area contributed by atoms with Crippen molar-refractivity contribution in [1.29, 1.82) is 0 Å². The summed E-state index contributed by atoms with van der Waals surface area (Å²) in [6.07, 6.45) is 5.14. The van der Waals surface area contributed by atoms with Gasteiger partial charge in [0.25, 0.3) is 0 Å². The lowest BCUT2D eigenvalue weighted by molar-refractivity contribution is 0.909. The molecule has 0 aliphatic heterocycles. The Labute approximate surface area is 50.8 Å². The Morgan fingerprint density at radius 2 is 2.25 bits per heavy atom. The Balaban J connectivity index is 2.83. The molecule has 0 heterocycles. The fourth-order valence-corrected chi connectivity index (χ4v) is 0.415. The van der Waals surface area contributed by atoms with Crippen LogP contribution in [0.2, 0.25) is 0 Å². The lowest BCUT2D eigenvalue weighted by Crippen LogP contribution is -2.04. The fraction of sp³-hybridized carbons (Fsp3) is 0.667. The van der Waals surface area contributed by atoms with Gasteiger partial charge in [-0.05, 0) is 20.0 Å². The number of nitrogens with one attached hydrogen (secondary N) is 1. The second kappa shape index (κ2) is 6.66. The maximum atomic E-state index is 5.24. The largest absolute Gasteiger partial charge is 0.330 e. The summed E-state index contributed by atoms with van der Waals surface area (Å²) in [5.41, 5.74) is 5.24. The van der Waals surface area contributed by atoms with E-state index in [4.69, 9.17) is 5.73 Å². The minimum Gasteiger partial charge on any atom is -0.330 e. The molecule has 8 heavy (non-hydrogen) atoms. The molecule has 2 nitrogen and oxygen atoms in total. The Bertz CT molecular complexity index is 51.5. The van der Waals surface area contributed by atoms with Gasteiger partial charge < -0.3 is 11.1 Å². The van der Waals surface area contributed by atoms with Crippen LogP contribution in [0.15, 0.2) is 12.2 Å². The first-order chi connectivity index (χ1) is 3.91. The topological polar surface area (TPSA) is 38.0 Å². The zero-order chi connectivity index (χ0) is 6.24. The van der Waals surface area contributed by atoms with Crippen LogP contribution in [-0.2, 0) is 0 Å². The van der Waals surface area contributed by atoms with Crippen molar-refractivity contribution in [3.63, 3.8) is 0 Å². The zero-order valence-corrected chi connectivity index (χ0v) is 5.35. The van der Waals surface area contributed by atoms with Gasteiger partial charge in [0, 0.05) is 6.54 Å². The lowest BCUT2D eigenvalue weighted by Gasteiger charge is -1.86. The quantitative estimate of drug-likeness (QED) is 0.509. The average molecular weight is 114 g/mol. The summed E-state index contributed by atoms with van der Waals surface area (Å²) in [6, 6.07) is 0. The average Bonchev–Trinajstić information content (AvgIpc) is 1.81. The smallest absolute Gasteiger partial charge is 0.0131 e. The van der Waals surface area contributed by atoms with E-state index in [2.05, 4.69) is 17.5 Å². The Hall–Kier alpha value is -0.340. The Kier molecular flexibility index (Phi) is 6.38. The van der Waals surface area contributed by atoms with Gasteiger partial charge in [0.2, 0.25) is 0 Å². The predicted octanol–water partition coefficient (Wildman–Crippen LogP) is 0.111. The van der Waals surface area contributed by atoms with Crippen LogP contribution in [0.25, 0.3) is 0 Å². The third-order valence-electron chi connectivity index (χ3n) is 0.822. The number of rotatable bonds is 4. The monoisotopic (exact) mass is 114 g/mol. The number of hydrogen-bond donors (Lipinski definition) is 2. The molecule has 0 radical (unpaired) electrons. The van der Waals surface area contributed by atoms with Crippen LogP contribution in [0.5, 0.6) is 0 Å². The summed E-state index contributed by atoms with van der Waals surface area (Å²) in [5, 5.41) is 3.00. The first-order valence-corrected chi connectivity index (χ1v) is 2.91. The van der Waals surface area contributed by atoms with Gasteiger partial charge in [-0.25, -0.2) is 0 Å². The van der Waals surface area contributed by atoms with Crippen molar-refractivity contribution < 1.29 is 0 Å². The van der Waals surface area contributed by atoms with E-state index < -0.39 is 0 Å². The summed E-state index contributed by atoms with van der Waals surface area (Å²) < 4.78 is 0. The normalized spacial score (nSPS) is 10.8. The summed E-state index contributed by atoms with van der Waals surface area (Å²) >= 11 is 0. The molecule has 0 amide bonds. The number of hydrogen-bond acceptors (Lipinski definition) is 2. The van der Waals surface area contributed by atoms with Crippen LogP contribution in [0.1, 0.15) is 6.42 Å². The maximum Gasteiger partial charge on any atom is 0.0131 e. The SMILES string of the molecule is CNC/C=C/CCN. The number of nitrogens with two attached hydrogens (primary N) is 1. The molecule has 0 aromatic heterocycles. The van der Waals surface area contributed by atoms with Gasteiger partial charge in [0.05, 0.1) is 0 Å². The van der Waals surface area contributed by atoms with Crippen LogP contribution in [0.3, 0.4) is 0 Å². The van der Waals surface area contributed by atoms with Crippen molar-refractivity contribution in [3.05, 3.63) is 12.2 Å². The van der Waals surface area contributed by atoms with Crippen molar-refractivity contribution in [3.8, 4) is 0 Å². The summed E-state index contributed by atoms with van der Waals surface area (Å²) in [6.45, 7) is 1.69. The van der Waals surface area contributed by atoms with Gasteiger partial charge in [-0.2, -0.15) is 0 Å². The molecule has 0 aromatic rings. The highest BCUT2D eigenvalue weighted by atomic mass is 14.8. The molecule has 0 aliphatic rings. The molecule has 0 unspecified atom stereocenters. The van der Waals surface area contributed by atoms with Crippen molar-refractivity contribution >= 4 is 0 Å². The van der Waals surface area contributed by atoms with E-state index in [1.807, 2.05) is 7.05 Å². The predicted molar refractivity (Wildman–Crippen MR) is 36.7 cm³/mol. The first kappa shape index (κ1) is 7.66. The van der Waals surface area contributed by atoms with Gasteiger partial charge in [-0.15, -0.1) is 0 Å². The van der Waals surface area contributed by atoms with E-state index in [1.165, 1.54) is 0 Å². The standard InChI is InChI=1S/C6H14N2/c1-8-6-4-2-3-5-7/h2,4,8H,3,5-7H2,1H3/b4-2+. The van der Waals surface area contributed by atoms with Crippen molar-refractivity contribution in [2.45, 2.75) is 6.42 Å². The van der Waals surface area contributed by atoms with E-state index in [-0.39, 0.29) is 0 Å². The highest BCUT2D eigenvalue weighted by molar-refractivity contribution is 4.82. The molecule has 0 aromatic carbocycles. The van der Waals surface area contributed by atoms with E-state index in [9.17, 15) is 0 Å². The molecule has 0 atom stereocenters. The van der Waals surface area contributed by atoms with Gasteiger partial charge in [-0.3, -0.25) is 0 Å². The van der Waals surface area contributed by atoms with Crippen LogP contribution >= 0.6 is 0 Å². The third-order valence-corrected chi connectivity index (χ3v) is 0.822. The second-order valence-corrected chi connectivity index (χ2v) is 1.61. The molecule has 0 aliphatic carbocycles. The Morgan fingerprint density at radius 3 is 2.75 bits per heavy atom. The summed E-state index contributed by atoms with van der Waals surface area (Å²) in [4.78, 5) is 0. The van der Waals surface area contributed by atoms with Crippen LogP contribution in [0.4, 0.5) is 0 Å². The summed E-state index contributed by atoms with van der Waals surface area (Å²) in [5.74, 6) is 0. The van der Waals surface area contributed by atoms with Gasteiger partial charge in [-0.1, -0.05) is 12.2 Å². The van der Waals surface area contributed by atoms with Crippen LogP contribution in [-0.4, -0.2) is 20.1 Å². The molecule has 3 N–H and O–H groups in total. The molecule has 0 spiro atoms. The molecular formula is C6H14N2. The maximum absolute atomic E-state index is 5.24. The fourth-order valence-electron chi connectivity index (χ4n) is 0.415. The van der Waals surface area contributed by atoms with Crippen molar-refractivity contribution in [1.82, 2.24) is 5.32 Å². The van der Waals surface area contributed by atoms with E-state index >= 15 is 0 Å². The first-order valence-electron chi connectivity index (χ1n) is 2.91. The molecule has 0 fully saturated rings. The minimum absolute atomic E-state index is 0.750. The molecule has 0 saturated heterocycles. The van der Waals surface area contributed by atoms with Crippen molar-refractivity contribution in [2.75, 3.05) is 20.1 Å². The van der Waals surface area contributed by atoms with Crippen molar-refractivity contribution in [2.24, 2.45) is 5.73 Å². The van der Waals surface area contributed by atoms with Crippen LogP contribution in [0, 0.1) is 0 Å². The highest BCUT2D eigenvalue weighted by Crippen LogP contribution is 1.75. The van der Waals surface area contributed by atoms with Gasteiger partial charge in [0.1, 0.15) is 0 Å². The molecule has 0 bridgehead atoms. The minimum atomic E-state index is 0.750. The van der Waals surface area contributed by atoms with E-state index in [0.717, 1.165) is 19.5 Å². The molecule has 0 rings (SSSR count). The Morgan fingerprint density at radius 1 is 1.50 bits per heavy atom. The molecule has 2 heteroatoms.